The first-order chi connectivity index (χ1) is 13.1. The minimum Gasteiger partial charge on any atom is -0.327 e. The van der Waals surface area contributed by atoms with Crippen molar-refractivity contribution in [1.82, 2.24) is 4.90 Å². The van der Waals surface area contributed by atoms with Crippen molar-refractivity contribution in [2.24, 2.45) is 0 Å². The summed E-state index contributed by atoms with van der Waals surface area (Å²) >= 11 is 0. The molecule has 27 heavy (non-hydrogen) atoms. The molecule has 0 radical (unpaired) electrons. The molecule has 0 saturated heterocycles. The molecule has 1 unspecified atom stereocenters. The van der Waals surface area contributed by atoms with Gasteiger partial charge in [0, 0.05) is 18.7 Å². The van der Waals surface area contributed by atoms with E-state index in [2.05, 4.69) is 0 Å². The Morgan fingerprint density at radius 1 is 0.926 bits per heavy atom. The van der Waals surface area contributed by atoms with Gasteiger partial charge in [-0.2, -0.15) is 0 Å². The Bertz CT molecular complexity index is 984. The smallest absolute Gasteiger partial charge is 0.269 e. The second-order valence-electron chi connectivity index (χ2n) is 6.63. The number of nitro benzene ring substituents is 1. The topological polar surface area (TPSA) is 63.4 Å². The Balaban J connectivity index is 1.78. The van der Waals surface area contributed by atoms with Crippen molar-refractivity contribution >= 4 is 11.6 Å². The van der Waals surface area contributed by atoms with Gasteiger partial charge in [-0.15, -0.1) is 0 Å². The number of carbonyl (C=O) groups excluding carboxylic acids is 1. The first-order valence-corrected chi connectivity index (χ1v) is 8.79. The number of fused-ring (bicyclic) bond motifs is 1. The summed E-state index contributed by atoms with van der Waals surface area (Å²) in [6.45, 7) is 0.496. The maximum absolute atomic E-state index is 12.9. The summed E-state index contributed by atoms with van der Waals surface area (Å²) in [5.41, 5.74) is 4.05. The van der Waals surface area contributed by atoms with Gasteiger partial charge < -0.3 is 4.90 Å². The molecule has 5 nitrogen and oxygen atoms in total. The number of nitro groups is 1. The summed E-state index contributed by atoms with van der Waals surface area (Å²) in [4.78, 5) is 25.4. The van der Waals surface area contributed by atoms with E-state index >= 15 is 0 Å². The van der Waals surface area contributed by atoms with Crippen molar-refractivity contribution in [3.05, 3.63) is 111 Å². The molecular formula is C22H18N2O3. The lowest BCUT2D eigenvalue weighted by atomic mass is 9.87. The number of nitrogens with zero attached hydrogens (tertiary/aromatic N) is 2. The van der Waals surface area contributed by atoms with E-state index in [1.807, 2.05) is 59.5 Å². The number of hydrogen-bond acceptors (Lipinski definition) is 3. The van der Waals surface area contributed by atoms with E-state index in [1.165, 1.54) is 12.1 Å². The highest BCUT2D eigenvalue weighted by Gasteiger charge is 2.33. The van der Waals surface area contributed by atoms with Gasteiger partial charge in [-0.05, 0) is 34.4 Å². The summed E-state index contributed by atoms with van der Waals surface area (Å²) in [5, 5.41) is 11.0. The highest BCUT2D eigenvalue weighted by Crippen LogP contribution is 2.37. The molecule has 3 aromatic rings. The predicted molar refractivity (Wildman–Crippen MR) is 102 cm³/mol. The van der Waals surface area contributed by atoms with Crippen LogP contribution in [0.2, 0.25) is 0 Å². The van der Waals surface area contributed by atoms with E-state index in [-0.39, 0.29) is 17.6 Å². The first kappa shape index (κ1) is 17.0. The maximum Gasteiger partial charge on any atom is 0.269 e. The second kappa shape index (κ2) is 7.03. The van der Waals surface area contributed by atoms with E-state index in [1.54, 1.807) is 12.1 Å². The van der Waals surface area contributed by atoms with Crippen LogP contribution in [-0.4, -0.2) is 15.7 Å². The lowest BCUT2D eigenvalue weighted by Gasteiger charge is -2.37. The van der Waals surface area contributed by atoms with Crippen LogP contribution in [-0.2, 0) is 17.8 Å². The van der Waals surface area contributed by atoms with Gasteiger partial charge >= 0.3 is 0 Å². The monoisotopic (exact) mass is 358 g/mol. The fourth-order valence-corrected chi connectivity index (χ4v) is 3.64. The Labute approximate surface area is 157 Å². The summed E-state index contributed by atoms with van der Waals surface area (Å²) in [6.07, 6.45) is 0.368. The van der Waals surface area contributed by atoms with Gasteiger partial charge in [0.2, 0.25) is 5.91 Å². The van der Waals surface area contributed by atoms with Crippen LogP contribution >= 0.6 is 0 Å². The molecule has 0 aliphatic carbocycles. The molecule has 0 aromatic heterocycles. The average Bonchev–Trinajstić information content (AvgIpc) is 2.69. The molecule has 1 heterocycles. The molecule has 3 aromatic carbocycles. The number of hydrogen-bond donors (Lipinski definition) is 0. The molecular weight excluding hydrogens is 340 g/mol. The Morgan fingerprint density at radius 2 is 1.59 bits per heavy atom. The molecule has 4 rings (SSSR count). The zero-order valence-corrected chi connectivity index (χ0v) is 14.6. The van der Waals surface area contributed by atoms with Crippen molar-refractivity contribution in [1.29, 1.82) is 0 Å². The van der Waals surface area contributed by atoms with Crippen LogP contribution in [0, 0.1) is 10.1 Å². The van der Waals surface area contributed by atoms with Crippen LogP contribution in [0.4, 0.5) is 5.69 Å². The molecule has 0 spiro atoms. The normalized spacial score (nSPS) is 16.1. The summed E-state index contributed by atoms with van der Waals surface area (Å²) in [7, 11) is 0. The van der Waals surface area contributed by atoms with Gasteiger partial charge in [0.25, 0.3) is 5.69 Å². The molecule has 1 amide bonds. The van der Waals surface area contributed by atoms with Gasteiger partial charge in [0.1, 0.15) is 0 Å². The van der Waals surface area contributed by atoms with E-state index in [0.717, 1.165) is 22.3 Å². The molecule has 5 heteroatoms. The molecule has 0 bridgehead atoms. The van der Waals surface area contributed by atoms with Gasteiger partial charge in [0.15, 0.2) is 0 Å². The highest BCUT2D eigenvalue weighted by atomic mass is 16.6. The molecule has 1 aliphatic heterocycles. The quantitative estimate of drug-likeness (QED) is 0.517. The van der Waals surface area contributed by atoms with Crippen LogP contribution in [0.15, 0.2) is 78.9 Å². The third-order valence-corrected chi connectivity index (χ3v) is 4.94. The molecule has 134 valence electrons. The fourth-order valence-electron chi connectivity index (χ4n) is 3.64. The average molecular weight is 358 g/mol. The number of rotatable bonds is 4. The Hall–Kier alpha value is -3.47. The Morgan fingerprint density at radius 3 is 2.30 bits per heavy atom. The van der Waals surface area contributed by atoms with Crippen LogP contribution in [0.5, 0.6) is 0 Å². The minimum atomic E-state index is -0.411. The number of benzene rings is 3. The zero-order chi connectivity index (χ0) is 18.8. The van der Waals surface area contributed by atoms with Gasteiger partial charge in [-0.3, -0.25) is 14.9 Å². The number of non-ortho nitro benzene ring substituents is 1. The first-order valence-electron chi connectivity index (χ1n) is 8.79. The van der Waals surface area contributed by atoms with Crippen molar-refractivity contribution in [3.63, 3.8) is 0 Å². The third kappa shape index (κ3) is 3.31. The minimum absolute atomic E-state index is 0.0452. The van der Waals surface area contributed by atoms with Gasteiger partial charge in [0.05, 0.1) is 17.4 Å². The second-order valence-corrected chi connectivity index (χ2v) is 6.63. The molecule has 0 fully saturated rings. The van der Waals surface area contributed by atoms with Crippen molar-refractivity contribution in [2.75, 3.05) is 0 Å². The lowest BCUT2D eigenvalue weighted by Crippen LogP contribution is -2.40. The molecule has 0 saturated carbocycles. The summed E-state index contributed by atoms with van der Waals surface area (Å²) in [6, 6.07) is 24.0. The molecule has 1 atom stereocenters. The van der Waals surface area contributed by atoms with Gasteiger partial charge in [-0.1, -0.05) is 54.6 Å². The van der Waals surface area contributed by atoms with Crippen LogP contribution in [0.25, 0.3) is 0 Å². The fraction of sp³-hybridized carbons (Fsp3) is 0.136. The van der Waals surface area contributed by atoms with Crippen LogP contribution in [0.3, 0.4) is 0 Å². The number of amides is 1. The third-order valence-electron chi connectivity index (χ3n) is 4.94. The van der Waals surface area contributed by atoms with Crippen LogP contribution < -0.4 is 0 Å². The van der Waals surface area contributed by atoms with E-state index in [9.17, 15) is 14.9 Å². The van der Waals surface area contributed by atoms with Gasteiger partial charge in [-0.25, -0.2) is 0 Å². The van der Waals surface area contributed by atoms with Crippen molar-refractivity contribution < 1.29 is 9.72 Å². The van der Waals surface area contributed by atoms with Crippen molar-refractivity contribution in [3.8, 4) is 0 Å². The predicted octanol–water partition coefficient (Wildman–Crippen LogP) is 4.27. The lowest BCUT2D eigenvalue weighted by molar-refractivity contribution is -0.384. The highest BCUT2D eigenvalue weighted by molar-refractivity contribution is 5.82. The summed E-state index contributed by atoms with van der Waals surface area (Å²) in [5.74, 6) is 0.0564. The Kier molecular flexibility index (Phi) is 4.42. The zero-order valence-electron chi connectivity index (χ0n) is 14.6. The van der Waals surface area contributed by atoms with Crippen LogP contribution in [0.1, 0.15) is 28.3 Å². The standard InChI is InChI=1S/C22H18N2O3/c25-21-14-18-8-4-5-9-20(18)22(17-10-12-19(13-11-17)24(26)27)23(21)15-16-6-2-1-3-7-16/h1-13,22H,14-15H2. The van der Waals surface area contributed by atoms with E-state index < -0.39 is 4.92 Å². The summed E-state index contributed by atoms with van der Waals surface area (Å²) < 4.78 is 0. The molecule has 0 N–H and O–H groups in total. The van der Waals surface area contributed by atoms with E-state index in [4.69, 9.17) is 0 Å². The molecule has 1 aliphatic rings. The number of carbonyl (C=O) groups is 1. The SMILES string of the molecule is O=C1Cc2ccccc2C(c2ccc([N+](=O)[O-])cc2)N1Cc1ccccc1. The van der Waals surface area contributed by atoms with Crippen molar-refractivity contribution in [2.45, 2.75) is 19.0 Å². The largest absolute Gasteiger partial charge is 0.327 e. The maximum atomic E-state index is 12.9. The van der Waals surface area contributed by atoms with E-state index in [0.29, 0.717) is 13.0 Å².